The fourth-order valence-corrected chi connectivity index (χ4v) is 3.79. The van der Waals surface area contributed by atoms with Crippen LogP contribution < -0.4 is 4.90 Å². The van der Waals surface area contributed by atoms with Crippen molar-refractivity contribution in [3.05, 3.63) is 66.1 Å². The van der Waals surface area contributed by atoms with E-state index in [4.69, 9.17) is 0 Å². The van der Waals surface area contributed by atoms with Crippen LogP contribution in [-0.2, 0) is 11.2 Å². The van der Waals surface area contributed by atoms with Crippen LogP contribution in [0.15, 0.2) is 54.7 Å². The highest BCUT2D eigenvalue weighted by atomic mass is 19.1. The summed E-state index contributed by atoms with van der Waals surface area (Å²) in [6.07, 6.45) is 4.40. The number of hydrogen-bond acceptors (Lipinski definition) is 2. The third-order valence-corrected chi connectivity index (χ3v) is 5.34. The van der Waals surface area contributed by atoms with Gasteiger partial charge in [-0.05, 0) is 48.7 Å². The molecule has 140 valence electrons. The first kappa shape index (κ1) is 17.6. The van der Waals surface area contributed by atoms with Crippen molar-refractivity contribution in [1.82, 2.24) is 9.88 Å². The molecule has 5 heteroatoms. The molecule has 1 aliphatic rings. The summed E-state index contributed by atoms with van der Waals surface area (Å²) in [7, 11) is 0. The Morgan fingerprint density at radius 1 is 1.00 bits per heavy atom. The van der Waals surface area contributed by atoms with E-state index >= 15 is 0 Å². The zero-order valence-electron chi connectivity index (χ0n) is 15.3. The number of fused-ring (bicyclic) bond motifs is 1. The summed E-state index contributed by atoms with van der Waals surface area (Å²) < 4.78 is 13.1. The van der Waals surface area contributed by atoms with Crippen LogP contribution in [0, 0.1) is 5.82 Å². The lowest BCUT2D eigenvalue weighted by molar-refractivity contribution is -0.131. The van der Waals surface area contributed by atoms with Gasteiger partial charge >= 0.3 is 0 Å². The van der Waals surface area contributed by atoms with E-state index in [2.05, 4.69) is 28.2 Å². The van der Waals surface area contributed by atoms with E-state index in [0.29, 0.717) is 6.42 Å². The Labute approximate surface area is 158 Å². The minimum atomic E-state index is -0.220. The molecule has 0 saturated carbocycles. The highest BCUT2D eigenvalue weighted by Gasteiger charge is 2.21. The number of rotatable bonds is 5. The number of carbonyl (C=O) groups excluding carboxylic acids is 1. The SMILES string of the molecule is O=C(CCCc1c[nH]c2ccccc12)N1CCN(c2ccc(F)cc2)CC1. The van der Waals surface area contributed by atoms with Gasteiger partial charge < -0.3 is 14.8 Å². The molecule has 1 fully saturated rings. The molecule has 27 heavy (non-hydrogen) atoms. The maximum Gasteiger partial charge on any atom is 0.222 e. The molecule has 2 aromatic carbocycles. The fourth-order valence-electron chi connectivity index (χ4n) is 3.79. The van der Waals surface area contributed by atoms with E-state index in [0.717, 1.165) is 50.2 Å². The van der Waals surface area contributed by atoms with E-state index in [9.17, 15) is 9.18 Å². The summed E-state index contributed by atoms with van der Waals surface area (Å²) in [5.74, 6) is 0.0105. The highest BCUT2D eigenvalue weighted by molar-refractivity contribution is 5.83. The molecular formula is C22H24FN3O. The quantitative estimate of drug-likeness (QED) is 0.743. The van der Waals surface area contributed by atoms with Crippen molar-refractivity contribution in [2.75, 3.05) is 31.1 Å². The van der Waals surface area contributed by atoms with E-state index < -0.39 is 0 Å². The van der Waals surface area contributed by atoms with E-state index in [1.165, 1.54) is 23.1 Å². The standard InChI is InChI=1S/C22H24FN3O/c23-18-8-10-19(11-9-18)25-12-14-26(15-13-25)22(27)7-3-4-17-16-24-21-6-2-1-5-20(17)21/h1-2,5-6,8-11,16,24H,3-4,7,12-15H2. The molecule has 4 rings (SSSR count). The molecule has 4 nitrogen and oxygen atoms in total. The number of anilines is 1. The number of H-pyrrole nitrogens is 1. The fraction of sp³-hybridized carbons (Fsp3) is 0.318. The monoisotopic (exact) mass is 365 g/mol. The van der Waals surface area contributed by atoms with E-state index in [-0.39, 0.29) is 11.7 Å². The van der Waals surface area contributed by atoms with E-state index in [1.54, 1.807) is 12.1 Å². The number of hydrogen-bond donors (Lipinski definition) is 1. The first-order valence-electron chi connectivity index (χ1n) is 9.54. The molecule has 1 N–H and O–H groups in total. The summed E-state index contributed by atoms with van der Waals surface area (Å²) in [5.41, 5.74) is 3.44. The molecule has 3 aromatic rings. The van der Waals surface area contributed by atoms with Gasteiger partial charge in [0.05, 0.1) is 0 Å². The normalized spacial score (nSPS) is 14.7. The number of aromatic amines is 1. The molecular weight excluding hydrogens is 341 g/mol. The number of nitrogens with zero attached hydrogens (tertiary/aromatic N) is 2. The minimum Gasteiger partial charge on any atom is -0.368 e. The summed E-state index contributed by atoms with van der Waals surface area (Å²) in [4.78, 5) is 20.0. The number of halogens is 1. The number of aromatic nitrogens is 1. The maximum atomic E-state index is 13.1. The number of carbonyl (C=O) groups is 1. The summed E-state index contributed by atoms with van der Waals surface area (Å²) in [6, 6.07) is 14.8. The van der Waals surface area contributed by atoms with Crippen molar-refractivity contribution in [1.29, 1.82) is 0 Å². The van der Waals surface area contributed by atoms with Crippen LogP contribution >= 0.6 is 0 Å². The Morgan fingerprint density at radius 3 is 2.52 bits per heavy atom. The lowest BCUT2D eigenvalue weighted by Gasteiger charge is -2.36. The van der Waals surface area contributed by atoms with Gasteiger partial charge in [0.25, 0.3) is 0 Å². The number of amides is 1. The first-order chi connectivity index (χ1) is 13.2. The molecule has 0 radical (unpaired) electrons. The molecule has 0 unspecified atom stereocenters. The van der Waals surface area contributed by atoms with Gasteiger partial charge in [0.15, 0.2) is 0 Å². The molecule has 0 bridgehead atoms. The van der Waals surface area contributed by atoms with Crippen LogP contribution in [0.5, 0.6) is 0 Å². The van der Waals surface area contributed by atoms with Gasteiger partial charge in [-0.2, -0.15) is 0 Å². The van der Waals surface area contributed by atoms with Gasteiger partial charge in [0.1, 0.15) is 5.82 Å². The zero-order chi connectivity index (χ0) is 18.6. The largest absolute Gasteiger partial charge is 0.368 e. The van der Waals surface area contributed by atoms with Crippen molar-refractivity contribution in [3.63, 3.8) is 0 Å². The van der Waals surface area contributed by atoms with Crippen molar-refractivity contribution in [2.45, 2.75) is 19.3 Å². The van der Waals surface area contributed by atoms with Crippen LogP contribution in [-0.4, -0.2) is 42.0 Å². The number of aryl methyl sites for hydroxylation is 1. The molecule has 1 saturated heterocycles. The molecule has 1 aromatic heterocycles. The summed E-state index contributed by atoms with van der Waals surface area (Å²) >= 11 is 0. The van der Waals surface area contributed by atoms with Crippen molar-refractivity contribution >= 4 is 22.5 Å². The third kappa shape index (κ3) is 3.97. The second kappa shape index (κ2) is 7.82. The van der Waals surface area contributed by atoms with Gasteiger partial charge in [0.2, 0.25) is 5.91 Å². The van der Waals surface area contributed by atoms with Crippen LogP contribution in [0.2, 0.25) is 0 Å². The second-order valence-electron chi connectivity index (χ2n) is 7.06. The van der Waals surface area contributed by atoms with E-state index in [1.807, 2.05) is 17.0 Å². The number of benzene rings is 2. The lowest BCUT2D eigenvalue weighted by atomic mass is 10.1. The Bertz CT molecular complexity index is 911. The molecule has 1 amide bonds. The molecule has 0 spiro atoms. The van der Waals surface area contributed by atoms with Crippen molar-refractivity contribution in [3.8, 4) is 0 Å². The Balaban J connectivity index is 1.25. The van der Waals surface area contributed by atoms with Crippen molar-refractivity contribution < 1.29 is 9.18 Å². The van der Waals surface area contributed by atoms with Crippen LogP contribution in [0.25, 0.3) is 10.9 Å². The van der Waals surface area contributed by atoms with Crippen LogP contribution in [0.4, 0.5) is 10.1 Å². The average molecular weight is 365 g/mol. The first-order valence-corrected chi connectivity index (χ1v) is 9.54. The third-order valence-electron chi connectivity index (χ3n) is 5.34. The molecule has 2 heterocycles. The molecule has 0 aliphatic carbocycles. The molecule has 1 aliphatic heterocycles. The lowest BCUT2D eigenvalue weighted by Crippen LogP contribution is -2.48. The second-order valence-corrected chi connectivity index (χ2v) is 7.06. The van der Waals surface area contributed by atoms with Crippen LogP contribution in [0.3, 0.4) is 0 Å². The predicted octanol–water partition coefficient (Wildman–Crippen LogP) is 3.98. The highest BCUT2D eigenvalue weighted by Crippen LogP contribution is 2.20. The predicted molar refractivity (Wildman–Crippen MR) is 106 cm³/mol. The number of piperazine rings is 1. The minimum absolute atomic E-state index is 0.220. The number of para-hydroxylation sites is 1. The van der Waals surface area contributed by atoms with Gasteiger partial charge in [-0.3, -0.25) is 4.79 Å². The average Bonchev–Trinajstić information content (AvgIpc) is 3.12. The summed E-state index contributed by atoms with van der Waals surface area (Å²) in [5, 5.41) is 1.25. The Morgan fingerprint density at radius 2 is 1.74 bits per heavy atom. The zero-order valence-corrected chi connectivity index (χ0v) is 15.3. The van der Waals surface area contributed by atoms with Gasteiger partial charge in [-0.1, -0.05) is 18.2 Å². The molecule has 0 atom stereocenters. The smallest absolute Gasteiger partial charge is 0.222 e. The topological polar surface area (TPSA) is 39.3 Å². The maximum absolute atomic E-state index is 13.1. The number of nitrogens with one attached hydrogen (secondary N) is 1. The van der Waals surface area contributed by atoms with Gasteiger partial charge in [-0.25, -0.2) is 4.39 Å². The van der Waals surface area contributed by atoms with Gasteiger partial charge in [-0.15, -0.1) is 0 Å². The van der Waals surface area contributed by atoms with Crippen molar-refractivity contribution in [2.24, 2.45) is 0 Å². The van der Waals surface area contributed by atoms with Crippen LogP contribution in [0.1, 0.15) is 18.4 Å². The summed E-state index contributed by atoms with van der Waals surface area (Å²) in [6.45, 7) is 3.03. The Kier molecular flexibility index (Phi) is 5.10. The Hall–Kier alpha value is -2.82. The van der Waals surface area contributed by atoms with Gasteiger partial charge in [0, 0.05) is 55.4 Å².